The summed E-state index contributed by atoms with van der Waals surface area (Å²) < 4.78 is 19.3. The molecule has 0 unspecified atom stereocenters. The van der Waals surface area contributed by atoms with E-state index < -0.39 is 17.9 Å². The number of nitrogens with zero attached hydrogens (tertiary/aromatic N) is 2. The second-order valence-electron chi connectivity index (χ2n) is 6.62. The zero-order chi connectivity index (χ0) is 22.9. The van der Waals surface area contributed by atoms with Crippen molar-refractivity contribution in [2.45, 2.75) is 13.5 Å². The molecule has 3 amide bonds. The van der Waals surface area contributed by atoms with E-state index in [0.717, 1.165) is 5.56 Å². The van der Waals surface area contributed by atoms with E-state index in [-0.39, 0.29) is 31.2 Å². The second-order valence-corrected chi connectivity index (χ2v) is 6.62. The van der Waals surface area contributed by atoms with Crippen molar-refractivity contribution in [1.29, 1.82) is 0 Å². The summed E-state index contributed by atoms with van der Waals surface area (Å²) in [7, 11) is 0. The number of benzene rings is 2. The number of carbonyl (C=O) groups is 3. The molecule has 1 aromatic heterocycles. The number of esters is 1. The first kappa shape index (κ1) is 22.5. The topological polar surface area (TPSA) is 114 Å². The molecule has 2 aromatic carbocycles. The second kappa shape index (κ2) is 10.7. The third-order valence-corrected chi connectivity index (χ3v) is 4.27. The van der Waals surface area contributed by atoms with E-state index in [1.807, 2.05) is 0 Å². The van der Waals surface area contributed by atoms with Gasteiger partial charge in [0.05, 0.1) is 18.8 Å². The Bertz CT molecular complexity index is 1080. The Morgan fingerprint density at radius 3 is 2.41 bits per heavy atom. The third kappa shape index (κ3) is 6.39. The fraction of sp³-hybridized carbons (Fsp3) is 0.182. The average molecular weight is 439 g/mol. The first-order valence-corrected chi connectivity index (χ1v) is 9.84. The molecule has 9 nitrogen and oxygen atoms in total. The van der Waals surface area contributed by atoms with Crippen LogP contribution in [0.4, 0.5) is 14.9 Å². The van der Waals surface area contributed by atoms with Crippen molar-refractivity contribution >= 4 is 23.6 Å². The molecule has 0 spiro atoms. The van der Waals surface area contributed by atoms with Gasteiger partial charge in [-0.05, 0) is 55.0 Å². The number of nitrogens with one attached hydrogen (secondary N) is 3. The number of rotatable bonds is 8. The zero-order valence-corrected chi connectivity index (χ0v) is 17.3. The van der Waals surface area contributed by atoms with Crippen LogP contribution in [0.3, 0.4) is 0 Å². The average Bonchev–Trinajstić information content (AvgIpc) is 3.28. The maximum Gasteiger partial charge on any atom is 0.358 e. The van der Waals surface area contributed by atoms with Gasteiger partial charge in [0, 0.05) is 18.4 Å². The van der Waals surface area contributed by atoms with Crippen molar-refractivity contribution in [3.05, 3.63) is 77.9 Å². The molecule has 0 aliphatic rings. The Morgan fingerprint density at radius 2 is 1.72 bits per heavy atom. The Hall–Kier alpha value is -4.21. The highest BCUT2D eigenvalue weighted by Crippen LogP contribution is 2.13. The number of anilines is 1. The Kier molecular flexibility index (Phi) is 7.52. The molecule has 3 rings (SSSR count). The molecule has 0 bridgehead atoms. The van der Waals surface area contributed by atoms with Gasteiger partial charge in [0.2, 0.25) is 5.91 Å². The predicted octanol–water partition coefficient (Wildman–Crippen LogP) is 2.63. The van der Waals surface area contributed by atoms with Gasteiger partial charge >= 0.3 is 12.0 Å². The van der Waals surface area contributed by atoms with E-state index in [0.29, 0.717) is 11.4 Å². The minimum absolute atomic E-state index is 0.202. The van der Waals surface area contributed by atoms with Gasteiger partial charge in [0.25, 0.3) is 0 Å². The molecular formula is C22H22FN5O4. The molecule has 0 aliphatic carbocycles. The number of hydrogen-bond donors (Lipinski definition) is 3. The van der Waals surface area contributed by atoms with E-state index >= 15 is 0 Å². The van der Waals surface area contributed by atoms with Crippen LogP contribution in [0.25, 0.3) is 5.69 Å². The SMILES string of the molecule is CCOC(=O)c1ccn(-c2ccc(NC(=O)CNC(=O)NCc3ccc(F)cc3)cc2)n1. The molecule has 0 aliphatic heterocycles. The Morgan fingerprint density at radius 1 is 1.00 bits per heavy atom. The van der Waals surface area contributed by atoms with Crippen LogP contribution in [-0.4, -0.2) is 40.8 Å². The smallest absolute Gasteiger partial charge is 0.358 e. The van der Waals surface area contributed by atoms with Crippen LogP contribution in [0.5, 0.6) is 0 Å². The summed E-state index contributed by atoms with van der Waals surface area (Å²) >= 11 is 0. The zero-order valence-electron chi connectivity index (χ0n) is 17.3. The van der Waals surface area contributed by atoms with Crippen molar-refractivity contribution in [1.82, 2.24) is 20.4 Å². The van der Waals surface area contributed by atoms with Crippen LogP contribution in [0.1, 0.15) is 23.0 Å². The summed E-state index contributed by atoms with van der Waals surface area (Å²) in [6, 6.07) is 13.6. The van der Waals surface area contributed by atoms with E-state index in [4.69, 9.17) is 4.74 Å². The number of aromatic nitrogens is 2. The molecule has 0 atom stereocenters. The molecule has 166 valence electrons. The molecule has 0 fully saturated rings. The number of urea groups is 1. The highest BCUT2D eigenvalue weighted by atomic mass is 19.1. The molecule has 10 heteroatoms. The van der Waals surface area contributed by atoms with Crippen molar-refractivity contribution in [3.63, 3.8) is 0 Å². The highest BCUT2D eigenvalue weighted by Gasteiger charge is 2.11. The van der Waals surface area contributed by atoms with Crippen LogP contribution in [0.2, 0.25) is 0 Å². The predicted molar refractivity (Wildman–Crippen MR) is 115 cm³/mol. The molecular weight excluding hydrogens is 417 g/mol. The van der Waals surface area contributed by atoms with Gasteiger partial charge in [-0.3, -0.25) is 4.79 Å². The summed E-state index contributed by atoms with van der Waals surface area (Å²) in [5, 5.41) is 11.9. The standard InChI is InChI=1S/C22H22FN5O4/c1-2-32-21(30)19-11-12-28(27-19)18-9-7-17(8-10-18)26-20(29)14-25-22(31)24-13-15-3-5-16(23)6-4-15/h3-12H,2,13-14H2,1H3,(H,26,29)(H2,24,25,31). The number of ether oxygens (including phenoxy) is 1. The van der Waals surface area contributed by atoms with Crippen molar-refractivity contribution in [3.8, 4) is 5.69 Å². The van der Waals surface area contributed by atoms with E-state index in [9.17, 15) is 18.8 Å². The first-order valence-electron chi connectivity index (χ1n) is 9.84. The molecule has 32 heavy (non-hydrogen) atoms. The van der Waals surface area contributed by atoms with Crippen LogP contribution in [0, 0.1) is 5.82 Å². The van der Waals surface area contributed by atoms with Crippen LogP contribution >= 0.6 is 0 Å². The number of amides is 3. The summed E-state index contributed by atoms with van der Waals surface area (Å²) in [4.78, 5) is 35.6. The molecule has 0 saturated heterocycles. The summed E-state index contributed by atoms with van der Waals surface area (Å²) in [6.45, 7) is 1.97. The van der Waals surface area contributed by atoms with Gasteiger partial charge in [-0.2, -0.15) is 5.10 Å². The number of hydrogen-bond acceptors (Lipinski definition) is 5. The van der Waals surface area contributed by atoms with Gasteiger partial charge in [0.1, 0.15) is 5.82 Å². The number of halogens is 1. The lowest BCUT2D eigenvalue weighted by Crippen LogP contribution is -2.39. The van der Waals surface area contributed by atoms with E-state index in [1.54, 1.807) is 55.6 Å². The fourth-order valence-electron chi connectivity index (χ4n) is 2.69. The first-order chi connectivity index (χ1) is 15.4. The maximum atomic E-state index is 12.9. The fourth-order valence-corrected chi connectivity index (χ4v) is 2.69. The van der Waals surface area contributed by atoms with Crippen molar-refractivity contribution in [2.24, 2.45) is 0 Å². The minimum Gasteiger partial charge on any atom is -0.461 e. The lowest BCUT2D eigenvalue weighted by Gasteiger charge is -2.09. The largest absolute Gasteiger partial charge is 0.461 e. The van der Waals surface area contributed by atoms with Crippen molar-refractivity contribution < 1.29 is 23.5 Å². The van der Waals surface area contributed by atoms with Crippen LogP contribution < -0.4 is 16.0 Å². The minimum atomic E-state index is -0.518. The van der Waals surface area contributed by atoms with Gasteiger partial charge in [-0.1, -0.05) is 12.1 Å². The Balaban J connectivity index is 1.44. The van der Waals surface area contributed by atoms with Crippen LogP contribution in [-0.2, 0) is 16.1 Å². The van der Waals surface area contributed by atoms with Gasteiger partial charge < -0.3 is 20.7 Å². The lowest BCUT2D eigenvalue weighted by atomic mass is 10.2. The maximum absolute atomic E-state index is 12.9. The highest BCUT2D eigenvalue weighted by molar-refractivity contribution is 5.94. The molecule has 0 saturated carbocycles. The summed E-state index contributed by atoms with van der Waals surface area (Å²) in [5.74, 6) is -1.25. The quantitative estimate of drug-likeness (QED) is 0.467. The van der Waals surface area contributed by atoms with E-state index in [1.165, 1.54) is 16.8 Å². The number of carbonyl (C=O) groups excluding carboxylic acids is 3. The summed E-state index contributed by atoms with van der Waals surface area (Å²) in [5.41, 5.74) is 2.16. The van der Waals surface area contributed by atoms with Crippen molar-refractivity contribution in [2.75, 3.05) is 18.5 Å². The monoisotopic (exact) mass is 439 g/mol. The molecule has 1 heterocycles. The van der Waals surface area contributed by atoms with Gasteiger partial charge in [-0.25, -0.2) is 18.7 Å². The van der Waals surface area contributed by atoms with E-state index in [2.05, 4.69) is 21.0 Å². The molecule has 3 N–H and O–H groups in total. The van der Waals surface area contributed by atoms with Crippen LogP contribution in [0.15, 0.2) is 60.8 Å². The molecule has 0 radical (unpaired) electrons. The van der Waals surface area contributed by atoms with Gasteiger partial charge in [-0.15, -0.1) is 0 Å². The third-order valence-electron chi connectivity index (χ3n) is 4.27. The normalized spacial score (nSPS) is 10.3. The van der Waals surface area contributed by atoms with Gasteiger partial charge in [0.15, 0.2) is 5.69 Å². The Labute approximate surface area is 183 Å². The molecule has 3 aromatic rings. The summed E-state index contributed by atoms with van der Waals surface area (Å²) in [6.07, 6.45) is 1.63. The lowest BCUT2D eigenvalue weighted by molar-refractivity contribution is -0.115.